The van der Waals surface area contributed by atoms with Gasteiger partial charge in [0.15, 0.2) is 5.71 Å². The number of carbonyl (C=O) groups excluding carboxylic acids is 1. The van der Waals surface area contributed by atoms with Crippen molar-refractivity contribution in [3.8, 4) is 0 Å². The van der Waals surface area contributed by atoms with Crippen LogP contribution in [0.2, 0.25) is 0 Å². The van der Waals surface area contributed by atoms with Crippen LogP contribution in [0, 0.1) is 5.92 Å². The smallest absolute Gasteiger partial charge is 0.264 e. The molecule has 0 atom stereocenters. The highest BCUT2D eigenvalue weighted by Crippen LogP contribution is 2.51. The Balaban J connectivity index is 1.20. The summed E-state index contributed by atoms with van der Waals surface area (Å²) < 4.78 is 34.7. The fraction of sp³-hybridized carbons (Fsp3) is 0.400. The third-order valence-corrected chi connectivity index (χ3v) is 13.3. The molecule has 2 aliphatic heterocycles. The zero-order valence-electron chi connectivity index (χ0n) is 34.6. The molecule has 298 valence electrons. The minimum absolute atomic E-state index is 0.0811. The number of allylic oxidation sites excluding steroid dienone is 8. The van der Waals surface area contributed by atoms with E-state index in [4.69, 9.17) is 0 Å². The number of unbranched alkanes of at least 4 members (excludes halogenated alkanes) is 2. The number of rotatable bonds is 14. The van der Waals surface area contributed by atoms with Crippen molar-refractivity contribution in [3.63, 3.8) is 0 Å². The molecule has 4 aromatic rings. The molecule has 0 bridgehead atoms. The Morgan fingerprint density at radius 2 is 1.49 bits per heavy atom. The van der Waals surface area contributed by atoms with E-state index < -0.39 is 10.1 Å². The summed E-state index contributed by atoms with van der Waals surface area (Å²) in [6, 6.07) is 26.2. The zero-order chi connectivity index (χ0) is 40.5. The Labute approximate surface area is 340 Å². The number of anilines is 1. The van der Waals surface area contributed by atoms with Gasteiger partial charge in [-0.25, -0.2) is 0 Å². The average Bonchev–Trinajstić information content (AvgIpc) is 3.54. The first kappa shape index (κ1) is 40.6. The van der Waals surface area contributed by atoms with Crippen LogP contribution in [-0.2, 0) is 25.7 Å². The number of carbonyl (C=O) groups is 1. The topological polar surface area (TPSA) is 77.7 Å². The van der Waals surface area contributed by atoms with E-state index in [1.807, 2.05) is 13.8 Å². The monoisotopic (exact) mass is 783 g/mol. The molecule has 0 fully saturated rings. The van der Waals surface area contributed by atoms with Gasteiger partial charge in [-0.3, -0.25) is 9.35 Å². The third kappa shape index (κ3) is 8.38. The summed E-state index contributed by atoms with van der Waals surface area (Å²) in [4.78, 5) is 14.9. The Bertz CT molecular complexity index is 2480. The molecule has 0 saturated heterocycles. The summed E-state index contributed by atoms with van der Waals surface area (Å²) in [5.74, 6) is 0.196. The highest BCUT2D eigenvalue weighted by atomic mass is 32.2. The molecule has 0 spiro atoms. The lowest BCUT2D eigenvalue weighted by Crippen LogP contribution is -2.28. The van der Waals surface area contributed by atoms with Gasteiger partial charge in [0.25, 0.3) is 10.1 Å². The Morgan fingerprint density at radius 3 is 2.19 bits per heavy atom. The first-order valence-corrected chi connectivity index (χ1v) is 22.5. The molecule has 4 aromatic carbocycles. The van der Waals surface area contributed by atoms with E-state index in [1.165, 1.54) is 66.6 Å². The van der Waals surface area contributed by atoms with E-state index in [1.54, 1.807) is 0 Å². The van der Waals surface area contributed by atoms with Crippen LogP contribution in [0.5, 0.6) is 0 Å². The van der Waals surface area contributed by atoms with Gasteiger partial charge in [-0.15, -0.1) is 0 Å². The van der Waals surface area contributed by atoms with Crippen LogP contribution in [-0.4, -0.2) is 47.9 Å². The molecule has 7 rings (SSSR count). The van der Waals surface area contributed by atoms with Crippen LogP contribution in [0.3, 0.4) is 0 Å². The van der Waals surface area contributed by atoms with E-state index in [2.05, 4.69) is 140 Å². The van der Waals surface area contributed by atoms with Gasteiger partial charge < -0.3 is 4.90 Å². The molecular formula is C50H59N2O4S+. The minimum atomic E-state index is -4.00. The quantitative estimate of drug-likeness (QED) is 0.0783. The summed E-state index contributed by atoms with van der Waals surface area (Å²) in [7, 11) is -4.00. The Hall–Kier alpha value is -4.59. The van der Waals surface area contributed by atoms with E-state index >= 15 is 0 Å². The van der Waals surface area contributed by atoms with Gasteiger partial charge in [0.05, 0.1) is 11.2 Å². The molecule has 2 heterocycles. The minimum Gasteiger partial charge on any atom is -0.344 e. The highest BCUT2D eigenvalue weighted by Gasteiger charge is 2.45. The summed E-state index contributed by atoms with van der Waals surface area (Å²) >= 11 is 0. The van der Waals surface area contributed by atoms with E-state index in [0.29, 0.717) is 31.6 Å². The number of nitrogens with zero attached hydrogens (tertiary/aromatic N) is 2. The molecule has 0 amide bonds. The lowest BCUT2D eigenvalue weighted by molar-refractivity contribution is -0.438. The zero-order valence-corrected chi connectivity index (χ0v) is 35.5. The van der Waals surface area contributed by atoms with Crippen molar-refractivity contribution in [1.29, 1.82) is 0 Å². The summed E-state index contributed by atoms with van der Waals surface area (Å²) in [5.41, 5.74) is 9.75. The first-order chi connectivity index (χ1) is 27.2. The predicted molar refractivity (Wildman–Crippen MR) is 238 cm³/mol. The van der Waals surface area contributed by atoms with Crippen molar-refractivity contribution >= 4 is 54.5 Å². The maximum atomic E-state index is 12.4. The molecule has 7 heteroatoms. The number of benzene rings is 4. The van der Waals surface area contributed by atoms with Gasteiger partial charge in [0.2, 0.25) is 5.69 Å². The van der Waals surface area contributed by atoms with E-state index in [9.17, 15) is 17.8 Å². The Kier molecular flexibility index (Phi) is 11.6. The fourth-order valence-electron chi connectivity index (χ4n) is 9.48. The average molecular weight is 784 g/mol. The standard InChI is InChI=1S/C50H58N2O4S/c1-35(2)44(53)22-11-12-31-51-42-27-25-38-18-7-9-20-40(38)47(42)49(3,4)45(51)29-23-36-16-15-17-37(34-36)24-30-46-50(5,6)48-41-21-10-8-19-39(41)26-28-43(48)52(46)32-13-14-33-57(54,55)56/h7-10,18-21,23-30,34-35H,11-17,22,31-33H2,1-6H3/p+1. The Morgan fingerprint density at radius 1 is 0.807 bits per heavy atom. The molecular weight excluding hydrogens is 725 g/mol. The largest absolute Gasteiger partial charge is 0.344 e. The number of Topliss-reactive ketones (excluding diaryl/α,β-unsaturated/α-hetero) is 1. The van der Waals surface area contributed by atoms with Gasteiger partial charge in [-0.05, 0) is 109 Å². The van der Waals surface area contributed by atoms with Gasteiger partial charge >= 0.3 is 0 Å². The molecule has 0 saturated carbocycles. The maximum Gasteiger partial charge on any atom is 0.264 e. The van der Waals surface area contributed by atoms with Crippen molar-refractivity contribution in [2.75, 3.05) is 23.7 Å². The third-order valence-electron chi connectivity index (χ3n) is 12.5. The summed E-state index contributed by atoms with van der Waals surface area (Å²) in [6.07, 6.45) is 18.3. The molecule has 0 unspecified atom stereocenters. The molecule has 1 N–H and O–H groups in total. The fourth-order valence-corrected chi connectivity index (χ4v) is 10.0. The second-order valence-corrected chi connectivity index (χ2v) is 19.1. The lowest BCUT2D eigenvalue weighted by Gasteiger charge is -2.27. The van der Waals surface area contributed by atoms with Crippen molar-refractivity contribution < 1.29 is 22.3 Å². The number of ketones is 1. The highest BCUT2D eigenvalue weighted by molar-refractivity contribution is 7.85. The molecule has 3 aliphatic rings. The lowest BCUT2D eigenvalue weighted by atomic mass is 9.79. The molecule has 0 aromatic heterocycles. The van der Waals surface area contributed by atoms with Crippen LogP contribution >= 0.6 is 0 Å². The second-order valence-electron chi connectivity index (χ2n) is 17.6. The van der Waals surface area contributed by atoms with Crippen LogP contribution < -0.4 is 4.90 Å². The van der Waals surface area contributed by atoms with Crippen molar-refractivity contribution in [3.05, 3.63) is 131 Å². The van der Waals surface area contributed by atoms with Crippen LogP contribution in [0.15, 0.2) is 120 Å². The number of hydrogen-bond donors (Lipinski definition) is 1. The second kappa shape index (κ2) is 16.3. The van der Waals surface area contributed by atoms with Gasteiger partial charge in [0.1, 0.15) is 12.3 Å². The molecule has 57 heavy (non-hydrogen) atoms. The molecule has 6 nitrogen and oxygen atoms in total. The van der Waals surface area contributed by atoms with Crippen molar-refractivity contribution in [1.82, 2.24) is 0 Å². The van der Waals surface area contributed by atoms with Crippen LogP contribution in [0.1, 0.15) is 104 Å². The molecule has 0 radical (unpaired) electrons. The van der Waals surface area contributed by atoms with E-state index in [0.717, 1.165) is 38.6 Å². The van der Waals surface area contributed by atoms with Gasteiger partial charge in [0, 0.05) is 59.8 Å². The molecule has 1 aliphatic carbocycles. The van der Waals surface area contributed by atoms with Crippen LogP contribution in [0.25, 0.3) is 21.5 Å². The normalized spacial score (nSPS) is 19.1. The number of fused-ring (bicyclic) bond motifs is 6. The first-order valence-electron chi connectivity index (χ1n) is 20.9. The number of hydrogen-bond acceptors (Lipinski definition) is 4. The van der Waals surface area contributed by atoms with Gasteiger partial charge in [-0.1, -0.05) is 101 Å². The summed E-state index contributed by atoms with van der Waals surface area (Å²) in [5, 5.41) is 5.01. The SMILES string of the molecule is CC(C)C(=O)CCCCN1/C(=C/C=C2C=C(/C=C/C3=[N+](CCCCS(=O)(=O)O)c4ccc5ccccc5c4C3(C)C)CCC/2)C(C)(C)c2c1ccc1ccccc21. The predicted octanol–water partition coefficient (Wildman–Crippen LogP) is 11.7. The summed E-state index contributed by atoms with van der Waals surface area (Å²) in [6.45, 7) is 14.8. The van der Waals surface area contributed by atoms with Crippen molar-refractivity contribution in [2.45, 2.75) is 104 Å². The van der Waals surface area contributed by atoms with E-state index in [-0.39, 0.29) is 22.5 Å². The van der Waals surface area contributed by atoms with Crippen molar-refractivity contribution in [2.24, 2.45) is 5.92 Å². The maximum absolute atomic E-state index is 12.4. The van der Waals surface area contributed by atoms with Crippen LogP contribution in [0.4, 0.5) is 11.4 Å². The van der Waals surface area contributed by atoms with Gasteiger partial charge in [-0.2, -0.15) is 13.0 Å².